The molecular weight excluding hydrogens is 440 g/mol. The Morgan fingerprint density at radius 3 is 2.76 bits per heavy atom. The number of rotatable bonds is 5. The zero-order valence-electron chi connectivity index (χ0n) is 19.3. The van der Waals surface area contributed by atoms with Crippen molar-refractivity contribution in [2.24, 2.45) is 0 Å². The molecule has 1 unspecified atom stereocenters. The number of imidazole rings is 1. The number of nitrogens with zero attached hydrogens (tertiary/aromatic N) is 4. The number of nitrogens with one attached hydrogen (secondary N) is 1. The summed E-state index contributed by atoms with van der Waals surface area (Å²) in [7, 11) is 0. The van der Waals surface area contributed by atoms with E-state index in [9.17, 15) is 15.3 Å². The fourth-order valence-corrected chi connectivity index (χ4v) is 4.93. The van der Waals surface area contributed by atoms with E-state index in [4.69, 9.17) is 15.2 Å². The Hall–Kier alpha value is -2.83. The minimum Gasteiger partial charge on any atom is -0.491 e. The van der Waals surface area contributed by atoms with Crippen LogP contribution in [0, 0.1) is 6.92 Å². The molecule has 3 aromatic rings. The van der Waals surface area contributed by atoms with Gasteiger partial charge in [0.2, 0.25) is 5.85 Å². The minimum atomic E-state index is -1.67. The van der Waals surface area contributed by atoms with E-state index >= 15 is 0 Å². The first-order valence-corrected chi connectivity index (χ1v) is 11.4. The van der Waals surface area contributed by atoms with E-state index in [1.807, 2.05) is 6.92 Å². The van der Waals surface area contributed by atoms with Crippen LogP contribution in [0.2, 0.25) is 0 Å². The number of aromatic nitrogens is 4. The van der Waals surface area contributed by atoms with Crippen LogP contribution in [0.15, 0.2) is 24.8 Å². The molecule has 5 rings (SSSR count). The summed E-state index contributed by atoms with van der Waals surface area (Å²) in [5.41, 5.74) is 9.95. The number of nitrogens with two attached hydrogens (primary N) is 1. The van der Waals surface area contributed by atoms with Crippen molar-refractivity contribution in [3.05, 3.63) is 41.5 Å². The van der Waals surface area contributed by atoms with Crippen molar-refractivity contribution in [1.29, 1.82) is 0 Å². The van der Waals surface area contributed by atoms with Gasteiger partial charge in [-0.15, -0.1) is 0 Å². The standard InChI is InChI=1S/C23H30N6O5/c1-11(2)14-5-4-12(3)15-6-13(8-33-19(14)15)28-23(20(32)18(31)16(7-30)34-23)29-10-27-17-21(24)25-9-26-22(17)29/h4-5,9-11,13,16,18,20,28,30-32H,6-8H2,1-3H3,(H2,24,25,26)/t13?,16-,18-,20-,23+/m1/s1. The molecule has 34 heavy (non-hydrogen) atoms. The lowest BCUT2D eigenvalue weighted by atomic mass is 9.91. The van der Waals surface area contributed by atoms with Gasteiger partial charge < -0.3 is 30.5 Å². The van der Waals surface area contributed by atoms with Crippen LogP contribution in [0.1, 0.15) is 36.5 Å². The van der Waals surface area contributed by atoms with Gasteiger partial charge in [0.15, 0.2) is 11.5 Å². The van der Waals surface area contributed by atoms with Crippen molar-refractivity contribution >= 4 is 17.0 Å². The number of benzene rings is 1. The number of anilines is 1. The molecule has 0 aliphatic carbocycles. The van der Waals surface area contributed by atoms with Crippen molar-refractivity contribution in [2.45, 2.75) is 63.3 Å². The SMILES string of the molecule is Cc1ccc(C(C)C)c2c1CC(N[C@@]1(n3cnc4c(N)ncnc43)O[C@H](CO)[C@@H](O)[C@H]1O)CO2. The lowest BCUT2D eigenvalue weighted by molar-refractivity contribution is -0.175. The molecule has 1 saturated heterocycles. The molecule has 6 N–H and O–H groups in total. The van der Waals surface area contributed by atoms with Gasteiger partial charge in [0, 0.05) is 6.04 Å². The minimum absolute atomic E-state index is 0.178. The van der Waals surface area contributed by atoms with Crippen molar-refractivity contribution in [1.82, 2.24) is 24.8 Å². The third-order valence-corrected chi connectivity index (χ3v) is 6.77. The molecule has 11 nitrogen and oxygen atoms in total. The Balaban J connectivity index is 1.56. The molecule has 2 aliphatic heterocycles. The molecule has 11 heteroatoms. The van der Waals surface area contributed by atoms with Crippen LogP contribution in [-0.2, 0) is 17.0 Å². The van der Waals surface area contributed by atoms with Crippen LogP contribution < -0.4 is 15.8 Å². The van der Waals surface area contributed by atoms with E-state index in [-0.39, 0.29) is 11.9 Å². The molecule has 0 radical (unpaired) electrons. The number of aliphatic hydroxyl groups excluding tert-OH is 3. The summed E-state index contributed by atoms with van der Waals surface area (Å²) in [5, 5.41) is 35.0. The van der Waals surface area contributed by atoms with E-state index in [2.05, 4.69) is 46.2 Å². The van der Waals surface area contributed by atoms with Crippen LogP contribution in [0.3, 0.4) is 0 Å². The fraction of sp³-hybridized carbons (Fsp3) is 0.522. The molecule has 0 saturated carbocycles. The summed E-state index contributed by atoms with van der Waals surface area (Å²) < 4.78 is 13.8. The predicted molar refractivity (Wildman–Crippen MR) is 123 cm³/mol. The molecular formula is C23H30N6O5. The van der Waals surface area contributed by atoms with Gasteiger partial charge in [-0.2, -0.15) is 0 Å². The highest BCUT2D eigenvalue weighted by Gasteiger charge is 2.57. The fourth-order valence-electron chi connectivity index (χ4n) is 4.93. The summed E-state index contributed by atoms with van der Waals surface area (Å²) in [6, 6.07) is 3.90. The average molecular weight is 471 g/mol. The zero-order chi connectivity index (χ0) is 24.2. The topological polar surface area (TPSA) is 161 Å². The third kappa shape index (κ3) is 3.43. The van der Waals surface area contributed by atoms with E-state index in [1.165, 1.54) is 17.2 Å². The lowest BCUT2D eigenvalue weighted by Crippen LogP contribution is -2.61. The van der Waals surface area contributed by atoms with Gasteiger partial charge in [-0.1, -0.05) is 26.0 Å². The number of ether oxygens (including phenoxy) is 2. The number of nitrogen functional groups attached to an aromatic ring is 1. The highest BCUT2D eigenvalue weighted by atomic mass is 16.6. The summed E-state index contributed by atoms with van der Waals surface area (Å²) in [5.74, 6) is -0.278. The number of aryl methyl sites for hydroxylation is 1. The van der Waals surface area contributed by atoms with Gasteiger partial charge >= 0.3 is 0 Å². The van der Waals surface area contributed by atoms with Crippen LogP contribution in [-0.4, -0.2) is 72.4 Å². The summed E-state index contributed by atoms with van der Waals surface area (Å²) in [6.45, 7) is 6.14. The monoisotopic (exact) mass is 470 g/mol. The van der Waals surface area contributed by atoms with Gasteiger partial charge in [0.05, 0.1) is 6.61 Å². The Labute approximate surface area is 196 Å². The molecule has 0 bridgehead atoms. The second-order valence-corrected chi connectivity index (χ2v) is 9.31. The van der Waals surface area contributed by atoms with Gasteiger partial charge in [-0.05, 0) is 36.0 Å². The molecule has 4 heterocycles. The Kier molecular flexibility index (Phi) is 5.69. The number of hydrogen-bond acceptors (Lipinski definition) is 10. The predicted octanol–water partition coefficient (Wildman–Crippen LogP) is 0.157. The second-order valence-electron chi connectivity index (χ2n) is 9.31. The lowest BCUT2D eigenvalue weighted by Gasteiger charge is -2.39. The van der Waals surface area contributed by atoms with Crippen LogP contribution in [0.4, 0.5) is 5.82 Å². The highest BCUT2D eigenvalue weighted by Crippen LogP contribution is 2.39. The van der Waals surface area contributed by atoms with E-state index in [0.717, 1.165) is 22.4 Å². The van der Waals surface area contributed by atoms with Crippen molar-refractivity contribution in [3.63, 3.8) is 0 Å². The maximum Gasteiger partial charge on any atom is 0.234 e. The summed E-state index contributed by atoms with van der Waals surface area (Å²) in [4.78, 5) is 12.5. The Bertz CT molecular complexity index is 1220. The maximum atomic E-state index is 11.2. The van der Waals surface area contributed by atoms with Crippen molar-refractivity contribution in [2.75, 3.05) is 18.9 Å². The number of fused-ring (bicyclic) bond motifs is 2. The van der Waals surface area contributed by atoms with Crippen molar-refractivity contribution in [3.8, 4) is 5.75 Å². The van der Waals surface area contributed by atoms with E-state index < -0.39 is 30.8 Å². The van der Waals surface area contributed by atoms with Gasteiger partial charge in [-0.3, -0.25) is 9.88 Å². The van der Waals surface area contributed by atoms with E-state index in [1.54, 1.807) is 0 Å². The average Bonchev–Trinajstić information content (AvgIpc) is 3.36. The number of aliphatic hydroxyl groups is 3. The molecule has 2 aromatic heterocycles. The van der Waals surface area contributed by atoms with Crippen LogP contribution in [0.5, 0.6) is 5.75 Å². The van der Waals surface area contributed by atoms with Crippen LogP contribution >= 0.6 is 0 Å². The molecule has 0 spiro atoms. The molecule has 2 aliphatic rings. The van der Waals surface area contributed by atoms with Gasteiger partial charge in [-0.25, -0.2) is 15.0 Å². The van der Waals surface area contributed by atoms with E-state index in [0.29, 0.717) is 30.1 Å². The zero-order valence-corrected chi connectivity index (χ0v) is 19.3. The van der Waals surface area contributed by atoms with Gasteiger partial charge in [0.25, 0.3) is 0 Å². The third-order valence-electron chi connectivity index (χ3n) is 6.77. The molecule has 1 fully saturated rings. The smallest absolute Gasteiger partial charge is 0.234 e. The first-order chi connectivity index (χ1) is 16.3. The quantitative estimate of drug-likeness (QED) is 0.347. The molecule has 182 valence electrons. The summed E-state index contributed by atoms with van der Waals surface area (Å²) in [6.07, 6.45) is -0.476. The van der Waals surface area contributed by atoms with Gasteiger partial charge in [0.1, 0.15) is 48.8 Å². The maximum absolute atomic E-state index is 11.2. The highest BCUT2D eigenvalue weighted by molar-refractivity contribution is 5.81. The van der Waals surface area contributed by atoms with Crippen LogP contribution in [0.25, 0.3) is 11.2 Å². The van der Waals surface area contributed by atoms with Crippen molar-refractivity contribution < 1.29 is 24.8 Å². The first-order valence-electron chi connectivity index (χ1n) is 11.4. The second kappa shape index (κ2) is 8.43. The normalized spacial score (nSPS) is 28.9. The molecule has 1 aromatic carbocycles. The molecule has 5 atom stereocenters. The Morgan fingerprint density at radius 2 is 2.06 bits per heavy atom. The number of hydrogen-bond donors (Lipinski definition) is 5. The Morgan fingerprint density at radius 1 is 1.26 bits per heavy atom. The molecule has 0 amide bonds. The summed E-state index contributed by atoms with van der Waals surface area (Å²) >= 11 is 0. The largest absolute Gasteiger partial charge is 0.491 e. The first kappa shape index (κ1) is 22.9.